The molecule has 0 saturated carbocycles. The lowest BCUT2D eigenvalue weighted by Crippen LogP contribution is -2.35. The fourth-order valence-electron chi connectivity index (χ4n) is 2.34. The molecule has 1 aromatic carbocycles. The van der Waals surface area contributed by atoms with Gasteiger partial charge in [-0.15, -0.1) is 0 Å². The summed E-state index contributed by atoms with van der Waals surface area (Å²) in [6, 6.07) is 9.65. The van der Waals surface area contributed by atoms with E-state index in [1.54, 1.807) is 12.4 Å². The van der Waals surface area contributed by atoms with E-state index in [9.17, 15) is 4.79 Å². The number of rotatable bonds is 7. The van der Waals surface area contributed by atoms with Crippen molar-refractivity contribution in [2.75, 3.05) is 6.54 Å². The molecule has 0 aliphatic carbocycles. The van der Waals surface area contributed by atoms with Crippen molar-refractivity contribution in [3.63, 3.8) is 0 Å². The second-order valence-corrected chi connectivity index (χ2v) is 5.72. The van der Waals surface area contributed by atoms with Crippen LogP contribution in [-0.4, -0.2) is 27.3 Å². The van der Waals surface area contributed by atoms with Crippen LogP contribution in [0.3, 0.4) is 0 Å². The number of urea groups is 1. The van der Waals surface area contributed by atoms with E-state index in [2.05, 4.69) is 20.7 Å². The van der Waals surface area contributed by atoms with Crippen LogP contribution in [0, 0.1) is 6.92 Å². The molecule has 2 N–H and O–H groups in total. The number of hydrogen-bond donors (Lipinski definition) is 2. The topological polar surface area (TPSA) is 85.0 Å². The molecule has 3 rings (SSSR count). The van der Waals surface area contributed by atoms with Crippen molar-refractivity contribution in [2.45, 2.75) is 26.4 Å². The summed E-state index contributed by atoms with van der Waals surface area (Å²) in [7, 11) is 0. The van der Waals surface area contributed by atoms with Crippen molar-refractivity contribution < 1.29 is 9.21 Å². The van der Waals surface area contributed by atoms with Gasteiger partial charge in [-0.2, -0.15) is 5.10 Å². The Morgan fingerprint density at radius 2 is 2.08 bits per heavy atom. The van der Waals surface area contributed by atoms with E-state index in [1.807, 2.05) is 48.1 Å². The summed E-state index contributed by atoms with van der Waals surface area (Å²) < 4.78 is 7.50. The zero-order valence-corrected chi connectivity index (χ0v) is 14.1. The highest BCUT2D eigenvalue weighted by atomic mass is 16.4. The van der Waals surface area contributed by atoms with Gasteiger partial charge in [0.25, 0.3) is 0 Å². The number of carbonyl (C=O) groups excluding carboxylic acids is 1. The summed E-state index contributed by atoms with van der Waals surface area (Å²) in [6.45, 7) is 3.63. The molecule has 0 unspecified atom stereocenters. The van der Waals surface area contributed by atoms with Crippen molar-refractivity contribution in [3.05, 3.63) is 60.4 Å². The first kappa shape index (κ1) is 16.8. The van der Waals surface area contributed by atoms with E-state index >= 15 is 0 Å². The van der Waals surface area contributed by atoms with E-state index in [1.165, 1.54) is 5.56 Å². The number of benzene rings is 1. The Bertz CT molecular complexity index is 793. The number of amides is 2. The predicted octanol–water partition coefficient (Wildman–Crippen LogP) is 2.74. The summed E-state index contributed by atoms with van der Waals surface area (Å²) in [4.78, 5) is 16.0. The Labute approximate surface area is 146 Å². The standard InChI is InChI=1S/C18H21N5O2/c1-14-4-6-15(7-5-14)16-12-20-17(25-16)13-21-18(24)19-8-2-10-23-11-3-9-22-23/h3-7,9,11-12H,2,8,10,13H2,1H3,(H2,19,21,24). The molecular formula is C18H21N5O2. The minimum Gasteiger partial charge on any atom is -0.439 e. The third-order valence-corrected chi connectivity index (χ3v) is 3.70. The third-order valence-electron chi connectivity index (χ3n) is 3.70. The van der Waals surface area contributed by atoms with E-state index < -0.39 is 0 Å². The Balaban J connectivity index is 1.39. The van der Waals surface area contributed by atoms with Gasteiger partial charge in [0.1, 0.15) is 0 Å². The lowest BCUT2D eigenvalue weighted by molar-refractivity contribution is 0.239. The molecule has 0 aliphatic rings. The number of aryl methyl sites for hydroxylation is 2. The molecule has 0 spiro atoms. The van der Waals surface area contributed by atoms with Gasteiger partial charge in [0.2, 0.25) is 5.89 Å². The van der Waals surface area contributed by atoms with Gasteiger partial charge in [0.05, 0.1) is 12.7 Å². The van der Waals surface area contributed by atoms with Gasteiger partial charge < -0.3 is 15.1 Å². The van der Waals surface area contributed by atoms with Crippen LogP contribution in [0.25, 0.3) is 11.3 Å². The van der Waals surface area contributed by atoms with Crippen molar-refractivity contribution >= 4 is 6.03 Å². The van der Waals surface area contributed by atoms with Crippen molar-refractivity contribution in [1.82, 2.24) is 25.4 Å². The Morgan fingerprint density at radius 3 is 2.84 bits per heavy atom. The largest absolute Gasteiger partial charge is 0.439 e. The number of carbonyl (C=O) groups is 1. The normalized spacial score (nSPS) is 10.6. The third kappa shape index (κ3) is 4.94. The fourth-order valence-corrected chi connectivity index (χ4v) is 2.34. The van der Waals surface area contributed by atoms with Crippen molar-refractivity contribution in [2.24, 2.45) is 0 Å². The molecule has 3 aromatic rings. The highest BCUT2D eigenvalue weighted by Gasteiger charge is 2.07. The van der Waals surface area contributed by atoms with Gasteiger partial charge in [-0.3, -0.25) is 4.68 Å². The molecule has 130 valence electrons. The number of oxazole rings is 1. The SMILES string of the molecule is Cc1ccc(-c2cnc(CNC(=O)NCCCn3cccn3)o2)cc1. The maximum atomic E-state index is 11.8. The Hall–Kier alpha value is -3.09. The lowest BCUT2D eigenvalue weighted by atomic mass is 10.1. The molecule has 2 amide bonds. The van der Waals surface area contributed by atoms with Crippen LogP contribution in [0.15, 0.2) is 53.3 Å². The second-order valence-electron chi connectivity index (χ2n) is 5.72. The van der Waals surface area contributed by atoms with Gasteiger partial charge in [-0.1, -0.05) is 29.8 Å². The fraction of sp³-hybridized carbons (Fsp3) is 0.278. The minimum atomic E-state index is -0.240. The van der Waals surface area contributed by atoms with Gasteiger partial charge in [-0.05, 0) is 19.4 Å². The van der Waals surface area contributed by atoms with Gasteiger partial charge >= 0.3 is 6.03 Å². The number of aromatic nitrogens is 3. The second kappa shape index (κ2) is 8.14. The molecule has 0 fully saturated rings. The van der Waals surface area contributed by atoms with E-state index in [0.717, 1.165) is 18.5 Å². The zero-order chi connectivity index (χ0) is 17.5. The highest BCUT2D eigenvalue weighted by molar-refractivity contribution is 5.73. The Kier molecular flexibility index (Phi) is 5.46. The molecule has 0 bridgehead atoms. The molecule has 0 aliphatic heterocycles. The van der Waals surface area contributed by atoms with Gasteiger partial charge in [0.15, 0.2) is 5.76 Å². The average Bonchev–Trinajstić information content (AvgIpc) is 3.29. The van der Waals surface area contributed by atoms with Gasteiger partial charge in [-0.25, -0.2) is 9.78 Å². The summed E-state index contributed by atoms with van der Waals surface area (Å²) >= 11 is 0. The van der Waals surface area contributed by atoms with Crippen LogP contribution in [0.5, 0.6) is 0 Å². The van der Waals surface area contributed by atoms with Crippen LogP contribution in [-0.2, 0) is 13.1 Å². The lowest BCUT2D eigenvalue weighted by Gasteiger charge is -2.06. The molecule has 7 heteroatoms. The van der Waals surface area contributed by atoms with E-state index in [-0.39, 0.29) is 12.6 Å². The number of hydrogen-bond acceptors (Lipinski definition) is 4. The molecule has 2 heterocycles. The summed E-state index contributed by atoms with van der Waals surface area (Å²) in [5.41, 5.74) is 2.15. The van der Waals surface area contributed by atoms with Crippen LogP contribution >= 0.6 is 0 Å². The monoisotopic (exact) mass is 339 g/mol. The molecular weight excluding hydrogens is 318 g/mol. The predicted molar refractivity (Wildman–Crippen MR) is 93.8 cm³/mol. The maximum Gasteiger partial charge on any atom is 0.315 e. The van der Waals surface area contributed by atoms with E-state index in [4.69, 9.17) is 4.42 Å². The molecule has 0 radical (unpaired) electrons. The first-order chi connectivity index (χ1) is 12.2. The van der Waals surface area contributed by atoms with Crippen LogP contribution in [0.1, 0.15) is 17.9 Å². The van der Waals surface area contributed by atoms with Crippen LogP contribution in [0.4, 0.5) is 4.79 Å². The molecule has 0 atom stereocenters. The summed E-state index contributed by atoms with van der Waals surface area (Å²) in [5.74, 6) is 1.17. The summed E-state index contributed by atoms with van der Waals surface area (Å²) in [5, 5.41) is 9.65. The molecule has 25 heavy (non-hydrogen) atoms. The number of nitrogens with one attached hydrogen (secondary N) is 2. The maximum absolute atomic E-state index is 11.8. The van der Waals surface area contributed by atoms with Crippen LogP contribution < -0.4 is 10.6 Å². The average molecular weight is 339 g/mol. The molecule has 7 nitrogen and oxygen atoms in total. The smallest absolute Gasteiger partial charge is 0.315 e. The minimum absolute atomic E-state index is 0.240. The quantitative estimate of drug-likeness (QED) is 0.648. The first-order valence-corrected chi connectivity index (χ1v) is 8.21. The van der Waals surface area contributed by atoms with E-state index in [0.29, 0.717) is 18.2 Å². The highest BCUT2D eigenvalue weighted by Crippen LogP contribution is 2.20. The summed E-state index contributed by atoms with van der Waals surface area (Å²) in [6.07, 6.45) is 6.12. The van der Waals surface area contributed by atoms with Crippen molar-refractivity contribution in [1.29, 1.82) is 0 Å². The van der Waals surface area contributed by atoms with Crippen LogP contribution in [0.2, 0.25) is 0 Å². The first-order valence-electron chi connectivity index (χ1n) is 8.21. The molecule has 0 saturated heterocycles. The zero-order valence-electron chi connectivity index (χ0n) is 14.1. The number of nitrogens with zero attached hydrogens (tertiary/aromatic N) is 3. The Morgan fingerprint density at radius 1 is 1.24 bits per heavy atom. The molecule has 2 aromatic heterocycles. The van der Waals surface area contributed by atoms with Gasteiger partial charge in [0, 0.05) is 31.0 Å². The van der Waals surface area contributed by atoms with Crippen molar-refractivity contribution in [3.8, 4) is 11.3 Å².